The Morgan fingerprint density at radius 1 is 0.926 bits per heavy atom. The number of rotatable bonds is 6. The molecule has 3 aliphatic heterocycles. The molecule has 5 aliphatic rings. The van der Waals surface area contributed by atoms with E-state index in [0.29, 0.717) is 18.1 Å². The van der Waals surface area contributed by atoms with Crippen molar-refractivity contribution >= 4 is 5.91 Å². The Morgan fingerprint density at radius 3 is 2.44 bits per heavy atom. The molecule has 2 aliphatic carbocycles. The van der Waals surface area contributed by atoms with Crippen molar-refractivity contribution in [3.63, 3.8) is 0 Å². The summed E-state index contributed by atoms with van der Waals surface area (Å²) < 4.78 is 6.09. The molecule has 0 spiro atoms. The second kappa shape index (κ2) is 7.46. The van der Waals surface area contributed by atoms with Gasteiger partial charge in [-0.25, -0.2) is 0 Å². The second-order valence-corrected chi connectivity index (χ2v) is 9.22. The van der Waals surface area contributed by atoms with E-state index < -0.39 is 0 Å². The van der Waals surface area contributed by atoms with Crippen LogP contribution in [0.5, 0.6) is 5.75 Å². The molecule has 1 aromatic carbocycles. The van der Waals surface area contributed by atoms with Gasteiger partial charge in [-0.2, -0.15) is 0 Å². The predicted octanol–water partition coefficient (Wildman–Crippen LogP) is 3.84. The smallest absolute Gasteiger partial charge is 0.227 e. The number of carbonyl (C=O) groups is 1. The molecule has 0 unspecified atom stereocenters. The highest BCUT2D eigenvalue weighted by atomic mass is 16.5. The van der Waals surface area contributed by atoms with E-state index >= 15 is 0 Å². The fourth-order valence-corrected chi connectivity index (χ4v) is 5.21. The number of benzene rings is 1. The topological polar surface area (TPSA) is 32.8 Å². The Bertz CT molecular complexity index is 663. The van der Waals surface area contributed by atoms with Gasteiger partial charge in [0.1, 0.15) is 5.75 Å². The van der Waals surface area contributed by atoms with Gasteiger partial charge in [0.05, 0.1) is 12.0 Å². The van der Waals surface area contributed by atoms with E-state index in [1.54, 1.807) is 0 Å². The number of nitrogens with zero attached hydrogens (tertiary/aromatic N) is 2. The molecule has 0 aromatic heterocycles. The molecule has 5 fully saturated rings. The molecule has 2 atom stereocenters. The van der Waals surface area contributed by atoms with E-state index in [4.69, 9.17) is 4.74 Å². The van der Waals surface area contributed by atoms with Gasteiger partial charge < -0.3 is 9.64 Å². The van der Waals surface area contributed by atoms with Crippen LogP contribution in [0.2, 0.25) is 0 Å². The maximum atomic E-state index is 12.9. The van der Waals surface area contributed by atoms with Crippen molar-refractivity contribution < 1.29 is 9.53 Å². The minimum absolute atomic E-state index is 0.215. The number of fused-ring (bicyclic) bond motifs is 4. The Labute approximate surface area is 162 Å². The van der Waals surface area contributed by atoms with Crippen molar-refractivity contribution in [2.75, 3.05) is 19.6 Å². The highest BCUT2D eigenvalue weighted by Gasteiger charge is 2.42. The molecule has 0 radical (unpaired) electrons. The summed E-state index contributed by atoms with van der Waals surface area (Å²) in [6.45, 7) is 3.93. The number of piperidine rings is 1. The molecule has 0 N–H and O–H groups in total. The summed E-state index contributed by atoms with van der Waals surface area (Å²) in [5.74, 6) is 2.44. The number of ether oxygens (including phenoxy) is 1. The van der Waals surface area contributed by atoms with Gasteiger partial charge in [0, 0.05) is 32.2 Å². The highest BCUT2D eigenvalue weighted by molar-refractivity contribution is 5.80. The van der Waals surface area contributed by atoms with Gasteiger partial charge in [0.2, 0.25) is 5.91 Å². The van der Waals surface area contributed by atoms with Crippen LogP contribution in [0.3, 0.4) is 0 Å². The van der Waals surface area contributed by atoms with E-state index in [0.717, 1.165) is 44.3 Å². The monoisotopic (exact) mass is 368 g/mol. The quantitative estimate of drug-likeness (QED) is 0.765. The second-order valence-electron chi connectivity index (χ2n) is 9.22. The molecule has 146 valence electrons. The van der Waals surface area contributed by atoms with Crippen molar-refractivity contribution in [1.29, 1.82) is 0 Å². The van der Waals surface area contributed by atoms with E-state index in [9.17, 15) is 4.79 Å². The summed E-state index contributed by atoms with van der Waals surface area (Å²) in [4.78, 5) is 17.6. The zero-order valence-electron chi connectivity index (χ0n) is 16.3. The third-order valence-corrected chi connectivity index (χ3v) is 6.96. The Balaban J connectivity index is 1.21. The summed E-state index contributed by atoms with van der Waals surface area (Å²) in [7, 11) is 0. The van der Waals surface area contributed by atoms with Crippen molar-refractivity contribution in [2.24, 2.45) is 11.8 Å². The molecular formula is C23H32N2O2. The van der Waals surface area contributed by atoms with Gasteiger partial charge in [0.25, 0.3) is 0 Å². The molecule has 3 saturated heterocycles. The Hall–Kier alpha value is -1.55. The van der Waals surface area contributed by atoms with Crippen molar-refractivity contribution in [3.8, 4) is 5.75 Å². The van der Waals surface area contributed by atoms with Crippen LogP contribution < -0.4 is 4.74 Å². The van der Waals surface area contributed by atoms with Crippen LogP contribution in [0.25, 0.3) is 0 Å². The summed E-state index contributed by atoms with van der Waals surface area (Å²) >= 11 is 0. The summed E-state index contributed by atoms with van der Waals surface area (Å²) in [5.41, 5.74) is 1.33. The van der Waals surface area contributed by atoms with Crippen LogP contribution in [0.1, 0.15) is 56.9 Å². The molecule has 1 aromatic rings. The third kappa shape index (κ3) is 4.01. The van der Waals surface area contributed by atoms with Gasteiger partial charge in [-0.15, -0.1) is 0 Å². The molecular weight excluding hydrogens is 336 g/mol. The number of hydrogen-bond donors (Lipinski definition) is 0. The van der Waals surface area contributed by atoms with Crippen LogP contribution in [0.4, 0.5) is 0 Å². The minimum Gasteiger partial charge on any atom is -0.490 e. The van der Waals surface area contributed by atoms with Crippen LogP contribution in [0, 0.1) is 11.8 Å². The van der Waals surface area contributed by atoms with Crippen molar-refractivity contribution in [3.05, 3.63) is 29.8 Å². The van der Waals surface area contributed by atoms with Gasteiger partial charge >= 0.3 is 0 Å². The fraction of sp³-hybridized carbons (Fsp3) is 0.696. The lowest BCUT2D eigenvalue weighted by Crippen LogP contribution is -2.48. The molecule has 1 amide bonds. The van der Waals surface area contributed by atoms with Crippen LogP contribution >= 0.6 is 0 Å². The maximum absolute atomic E-state index is 12.9. The first-order valence-corrected chi connectivity index (χ1v) is 11.0. The molecule has 27 heavy (non-hydrogen) atoms. The lowest BCUT2D eigenvalue weighted by Gasteiger charge is -2.36. The summed E-state index contributed by atoms with van der Waals surface area (Å²) in [6.07, 6.45) is 10.3. The molecule has 4 heteroatoms. The highest BCUT2D eigenvalue weighted by Crippen LogP contribution is 2.36. The van der Waals surface area contributed by atoms with E-state index in [1.165, 1.54) is 50.5 Å². The summed E-state index contributed by atoms with van der Waals surface area (Å²) in [6, 6.07) is 9.11. The fourth-order valence-electron chi connectivity index (χ4n) is 5.21. The molecule has 2 saturated carbocycles. The van der Waals surface area contributed by atoms with Gasteiger partial charge in [-0.1, -0.05) is 12.1 Å². The predicted molar refractivity (Wildman–Crippen MR) is 106 cm³/mol. The third-order valence-electron chi connectivity index (χ3n) is 6.96. The van der Waals surface area contributed by atoms with Crippen LogP contribution in [-0.4, -0.2) is 47.5 Å². The number of carbonyl (C=O) groups excluding carboxylic acids is 1. The normalized spacial score (nSPS) is 29.3. The first kappa shape index (κ1) is 17.5. The van der Waals surface area contributed by atoms with Crippen molar-refractivity contribution in [2.45, 2.75) is 70.1 Å². The molecule has 4 nitrogen and oxygen atoms in total. The lowest BCUT2D eigenvalue weighted by atomic mass is 9.94. The maximum Gasteiger partial charge on any atom is 0.227 e. The Kier molecular flexibility index (Phi) is 4.85. The van der Waals surface area contributed by atoms with E-state index in [2.05, 4.69) is 34.1 Å². The Morgan fingerprint density at radius 2 is 1.70 bits per heavy atom. The minimum atomic E-state index is 0.215. The first-order valence-electron chi connectivity index (χ1n) is 11.0. The average molecular weight is 369 g/mol. The largest absolute Gasteiger partial charge is 0.490 e. The van der Waals surface area contributed by atoms with Crippen LogP contribution in [-0.2, 0) is 11.3 Å². The molecule has 2 bridgehead atoms. The van der Waals surface area contributed by atoms with Gasteiger partial charge in [0.15, 0.2) is 0 Å². The zero-order valence-corrected chi connectivity index (χ0v) is 16.3. The number of hydrogen-bond acceptors (Lipinski definition) is 3. The van der Waals surface area contributed by atoms with Crippen molar-refractivity contribution in [1.82, 2.24) is 9.80 Å². The standard InChI is InChI=1S/C23H32N2O2/c26-23-19-9-10-20(25(23)14-18-5-6-18)16-24(15-19)13-17-7-11-22(12-8-17)27-21-3-1-2-4-21/h7-8,11-12,18-21H,1-6,9-10,13-16H2/t19-,20+/m0/s1. The van der Waals surface area contributed by atoms with Gasteiger partial charge in [-0.05, 0) is 75.0 Å². The molecule has 6 rings (SSSR count). The average Bonchev–Trinajstić information content (AvgIpc) is 3.41. The van der Waals surface area contributed by atoms with E-state index in [-0.39, 0.29) is 5.92 Å². The SMILES string of the molecule is O=C1[C@H]2CC[C@H](CN(Cc3ccc(OC4CCCC4)cc3)C2)N1CC1CC1. The first-order chi connectivity index (χ1) is 13.2. The molecule has 3 heterocycles. The van der Waals surface area contributed by atoms with Crippen LogP contribution in [0.15, 0.2) is 24.3 Å². The lowest BCUT2D eigenvalue weighted by molar-refractivity contribution is -0.140. The number of amides is 1. The zero-order chi connectivity index (χ0) is 18.2. The van der Waals surface area contributed by atoms with Gasteiger partial charge in [-0.3, -0.25) is 9.69 Å². The van der Waals surface area contributed by atoms with E-state index in [1.807, 2.05) is 0 Å². The summed E-state index contributed by atoms with van der Waals surface area (Å²) in [5, 5.41) is 0.